The molecule has 0 saturated heterocycles. The highest BCUT2D eigenvalue weighted by molar-refractivity contribution is 7.43. The van der Waals surface area contributed by atoms with Crippen molar-refractivity contribution in [2.45, 2.75) is 247 Å². The van der Waals surface area contributed by atoms with Gasteiger partial charge in [0.2, 0.25) is 0 Å². The van der Waals surface area contributed by atoms with Crippen LogP contribution >= 0.6 is 7.82 Å². The first-order chi connectivity index (χ1) is 28.1. The quantitative estimate of drug-likeness (QED) is 0.0353. The number of amidine groups is 2. The summed E-state index contributed by atoms with van der Waals surface area (Å²) in [5, 5.41) is 0. The summed E-state index contributed by atoms with van der Waals surface area (Å²) in [5.74, 6) is 2.94. The van der Waals surface area contributed by atoms with Crippen LogP contribution in [0.5, 0.6) is 0 Å². The number of rotatable bonds is 37. The van der Waals surface area contributed by atoms with Crippen molar-refractivity contribution in [2.75, 3.05) is 59.5 Å². The Morgan fingerprint density at radius 1 is 0.448 bits per heavy atom. The van der Waals surface area contributed by atoms with Crippen molar-refractivity contribution in [1.82, 2.24) is 0 Å². The van der Waals surface area contributed by atoms with Gasteiger partial charge in [-0.05, 0) is 39.5 Å². The third-order valence-electron chi connectivity index (χ3n) is 13.2. The molecule has 0 spiro atoms. The molecule has 0 saturated carbocycles. The second kappa shape index (κ2) is 39.2. The van der Waals surface area contributed by atoms with Crippen LogP contribution in [0, 0.1) is 0 Å². The molecule has 0 bridgehead atoms. The summed E-state index contributed by atoms with van der Waals surface area (Å²) < 4.78 is 15.0. The van der Waals surface area contributed by atoms with Gasteiger partial charge in [-0.25, -0.2) is 9.98 Å². The molecule has 0 radical (unpaired) electrons. The lowest BCUT2D eigenvalue weighted by Gasteiger charge is -2.33. The van der Waals surface area contributed by atoms with Crippen LogP contribution in [-0.2, 0) is 9.09 Å². The van der Waals surface area contributed by atoms with Gasteiger partial charge in [-0.1, -0.05) is 195 Å². The van der Waals surface area contributed by atoms with Crippen molar-refractivity contribution < 1.29 is 27.8 Å². The summed E-state index contributed by atoms with van der Waals surface area (Å²) in [5.41, 5.74) is 0. The molecule has 0 N–H and O–H groups in total. The normalized spacial score (nSPS) is 19.1. The average Bonchev–Trinajstić information content (AvgIpc) is 3.85. The summed E-state index contributed by atoms with van der Waals surface area (Å²) in [6, 6.07) is 0. The molecule has 2 atom stereocenters. The maximum absolute atomic E-state index is 9.25. The largest absolute Gasteiger partial charge is 0.790 e. The minimum absolute atomic E-state index is 0.820. The minimum atomic E-state index is -4.65. The van der Waals surface area contributed by atoms with E-state index in [1.54, 1.807) is 0 Å². The fourth-order valence-electron chi connectivity index (χ4n) is 9.24. The van der Waals surface area contributed by atoms with E-state index < -0.39 is 7.82 Å². The van der Waals surface area contributed by atoms with E-state index in [0.29, 0.717) is 0 Å². The van der Waals surface area contributed by atoms with Gasteiger partial charge in [0.25, 0.3) is 0 Å². The molecular formula is C49H101N4O4P. The summed E-state index contributed by atoms with van der Waals surface area (Å²) in [7, 11) is -3.83. The Hall–Kier alpha value is -0.630. The number of aliphatic imine (C=N–C) groups is 2. The van der Waals surface area contributed by atoms with E-state index in [-0.39, 0.29) is 0 Å². The highest BCUT2D eigenvalue weighted by Crippen LogP contribution is 2.23. The Labute approximate surface area is 362 Å². The van der Waals surface area contributed by atoms with Crippen LogP contribution in [0.25, 0.3) is 0 Å². The molecule has 2 aliphatic rings. The van der Waals surface area contributed by atoms with Crippen LogP contribution in [0.15, 0.2) is 9.98 Å². The van der Waals surface area contributed by atoms with Gasteiger partial charge >= 0.3 is 0 Å². The van der Waals surface area contributed by atoms with E-state index in [1.807, 2.05) is 0 Å². The third kappa shape index (κ3) is 29.6. The minimum Gasteiger partial charge on any atom is -0.790 e. The van der Waals surface area contributed by atoms with Gasteiger partial charge in [0.1, 0.15) is 13.1 Å². The van der Waals surface area contributed by atoms with E-state index in [1.165, 1.54) is 253 Å². The number of phosphoric ester groups is 1. The lowest BCUT2D eigenvalue weighted by atomic mass is 10.0. The molecule has 0 aromatic rings. The van der Waals surface area contributed by atoms with E-state index in [2.05, 4.69) is 46.1 Å². The smallest absolute Gasteiger partial charge is 0.198 e. The standard InChI is InChI=1S/2C24H49N2.CH5O4P/c2*1-4-7-8-9-10-11-12-13-14-15-16-17-18-19-20-22-26(6-3)23-21-25-24(26)5-2;1-5-6(2,3)4/h2*4-23H2,1-3H3;1H3,(H2,2,3,4)/q2*+1;/p-2. The molecule has 2 aliphatic heterocycles. The molecule has 346 valence electrons. The van der Waals surface area contributed by atoms with Crippen molar-refractivity contribution in [3.05, 3.63) is 0 Å². The molecule has 8 nitrogen and oxygen atoms in total. The second-order valence-corrected chi connectivity index (χ2v) is 18.9. The number of unbranched alkanes of at least 4 members (excludes halogenated alkanes) is 28. The fraction of sp³-hybridized carbons (Fsp3) is 0.959. The molecule has 2 heterocycles. The van der Waals surface area contributed by atoms with Crippen molar-refractivity contribution >= 4 is 19.5 Å². The molecule has 0 aromatic heterocycles. The monoisotopic (exact) mass is 841 g/mol. The van der Waals surface area contributed by atoms with Crippen LogP contribution in [0.2, 0.25) is 0 Å². The predicted molar refractivity (Wildman–Crippen MR) is 251 cm³/mol. The number of phosphoric acid groups is 1. The third-order valence-corrected chi connectivity index (χ3v) is 13.6. The SMILES string of the molecule is CCCCCCCCCCCCCCCCC[N+]1(CC)CCN=C1CC.CCCCCCCCCCCCCCCCC[N+]1(CC)CCN=C1CC.COP(=O)([O-])[O-]. The van der Waals surface area contributed by atoms with Crippen molar-refractivity contribution in [3.63, 3.8) is 0 Å². The summed E-state index contributed by atoms with van der Waals surface area (Å²) in [6.45, 7) is 23.7. The first-order valence-electron chi connectivity index (χ1n) is 25.5. The van der Waals surface area contributed by atoms with Gasteiger partial charge in [-0.2, -0.15) is 0 Å². The van der Waals surface area contributed by atoms with E-state index >= 15 is 0 Å². The Morgan fingerprint density at radius 3 is 0.862 bits per heavy atom. The zero-order valence-electron chi connectivity index (χ0n) is 40.2. The summed E-state index contributed by atoms with van der Waals surface area (Å²) in [6.07, 6.45) is 45.8. The number of nitrogens with zero attached hydrogens (tertiary/aromatic N) is 4. The Kier molecular flexibility index (Phi) is 38.8. The fourth-order valence-corrected chi connectivity index (χ4v) is 9.24. The number of hydrogen-bond donors (Lipinski definition) is 0. The van der Waals surface area contributed by atoms with Gasteiger partial charge in [-0.15, -0.1) is 0 Å². The molecule has 0 aliphatic carbocycles. The maximum atomic E-state index is 9.25. The van der Waals surface area contributed by atoms with Crippen LogP contribution in [0.1, 0.15) is 247 Å². The molecule has 58 heavy (non-hydrogen) atoms. The van der Waals surface area contributed by atoms with E-state index in [0.717, 1.165) is 33.0 Å². The Balaban J connectivity index is 0.000000981. The van der Waals surface area contributed by atoms with Crippen LogP contribution in [-0.4, -0.2) is 80.1 Å². The van der Waals surface area contributed by atoms with E-state index in [9.17, 15) is 14.4 Å². The Morgan fingerprint density at radius 2 is 0.672 bits per heavy atom. The van der Waals surface area contributed by atoms with Crippen molar-refractivity contribution in [2.24, 2.45) is 9.98 Å². The first kappa shape index (κ1) is 57.4. The molecular weight excluding hydrogens is 740 g/mol. The second-order valence-electron chi connectivity index (χ2n) is 17.6. The van der Waals surface area contributed by atoms with Crippen LogP contribution in [0.4, 0.5) is 0 Å². The number of hydrogen-bond acceptors (Lipinski definition) is 6. The molecule has 0 aromatic carbocycles. The molecule has 9 heteroatoms. The summed E-state index contributed by atoms with van der Waals surface area (Å²) >= 11 is 0. The van der Waals surface area contributed by atoms with Crippen LogP contribution in [0.3, 0.4) is 0 Å². The highest BCUT2D eigenvalue weighted by atomic mass is 31.2. The van der Waals surface area contributed by atoms with Crippen LogP contribution < -0.4 is 9.79 Å². The molecule has 2 unspecified atom stereocenters. The molecule has 2 rings (SSSR count). The Bertz CT molecular complexity index is 953. The number of likely N-dealkylation sites (N-methyl/N-ethyl adjacent to an activating group) is 2. The first-order valence-corrected chi connectivity index (χ1v) is 27.0. The van der Waals surface area contributed by atoms with Gasteiger partial charge < -0.3 is 18.9 Å². The summed E-state index contributed by atoms with van der Waals surface area (Å²) in [4.78, 5) is 28.0. The lowest BCUT2D eigenvalue weighted by Crippen LogP contribution is -2.51. The lowest BCUT2D eigenvalue weighted by molar-refractivity contribution is -0.834. The molecule has 0 amide bonds. The zero-order chi connectivity index (χ0) is 43.1. The van der Waals surface area contributed by atoms with Crippen molar-refractivity contribution in [1.29, 1.82) is 0 Å². The van der Waals surface area contributed by atoms with Gasteiger partial charge in [0.15, 0.2) is 11.7 Å². The average molecular weight is 841 g/mol. The molecule has 0 fully saturated rings. The highest BCUT2D eigenvalue weighted by Gasteiger charge is 2.35. The zero-order valence-corrected chi connectivity index (χ0v) is 41.0. The van der Waals surface area contributed by atoms with Gasteiger partial charge in [0, 0.05) is 20.0 Å². The number of quaternary nitrogens is 2. The maximum Gasteiger partial charge on any atom is 0.198 e. The predicted octanol–water partition coefficient (Wildman–Crippen LogP) is 13.5. The van der Waals surface area contributed by atoms with E-state index in [4.69, 9.17) is 9.98 Å². The topological polar surface area (TPSA) is 97.1 Å². The van der Waals surface area contributed by atoms with Crippen molar-refractivity contribution in [3.8, 4) is 0 Å². The van der Waals surface area contributed by atoms with Gasteiger partial charge in [0.05, 0.1) is 47.1 Å². The van der Waals surface area contributed by atoms with Gasteiger partial charge in [-0.3, -0.25) is 8.97 Å².